The number of nitrogens with zero attached hydrogens (tertiary/aromatic N) is 2. The van der Waals surface area contributed by atoms with E-state index >= 15 is 0 Å². The summed E-state index contributed by atoms with van der Waals surface area (Å²) in [5.41, 5.74) is 4.06. The quantitative estimate of drug-likeness (QED) is 0.832. The standard InChI is InChI=1S/C19H30N2O/c1-5-21(6-2)19(22)17-8-7-11-20(13-17)14-18-12-15(3)9-10-16(18)4/h9-10,12,17H,5-8,11,13-14H2,1-4H3/t17-/m0/s1. The van der Waals surface area contributed by atoms with Crippen molar-refractivity contribution in [2.45, 2.75) is 47.1 Å². The van der Waals surface area contributed by atoms with Gasteiger partial charge in [-0.05, 0) is 58.2 Å². The number of hydrogen-bond donors (Lipinski definition) is 0. The lowest BCUT2D eigenvalue weighted by Crippen LogP contribution is -2.44. The molecule has 1 heterocycles. The van der Waals surface area contributed by atoms with Crippen molar-refractivity contribution in [3.63, 3.8) is 0 Å². The van der Waals surface area contributed by atoms with Crippen molar-refractivity contribution >= 4 is 5.91 Å². The van der Waals surface area contributed by atoms with Crippen LogP contribution in [0.3, 0.4) is 0 Å². The molecule has 1 aromatic carbocycles. The van der Waals surface area contributed by atoms with Crippen LogP contribution in [-0.4, -0.2) is 41.9 Å². The third kappa shape index (κ3) is 4.10. The summed E-state index contributed by atoms with van der Waals surface area (Å²) >= 11 is 0. The fourth-order valence-electron chi connectivity index (χ4n) is 3.41. The molecule has 2 rings (SSSR count). The highest BCUT2D eigenvalue weighted by Gasteiger charge is 2.28. The Kier molecular flexibility index (Phi) is 6.01. The second-order valence-corrected chi connectivity index (χ2v) is 6.51. The van der Waals surface area contributed by atoms with Gasteiger partial charge in [0.25, 0.3) is 0 Å². The first-order valence-electron chi connectivity index (χ1n) is 8.62. The minimum absolute atomic E-state index is 0.179. The molecule has 0 spiro atoms. The van der Waals surface area contributed by atoms with Crippen LogP contribution in [0.25, 0.3) is 0 Å². The van der Waals surface area contributed by atoms with E-state index < -0.39 is 0 Å². The summed E-state index contributed by atoms with van der Waals surface area (Å²) in [6.45, 7) is 13.1. The van der Waals surface area contributed by atoms with Gasteiger partial charge in [0.05, 0.1) is 5.92 Å². The van der Waals surface area contributed by atoms with E-state index in [1.54, 1.807) is 0 Å². The highest BCUT2D eigenvalue weighted by molar-refractivity contribution is 5.79. The van der Waals surface area contributed by atoms with Crippen LogP contribution < -0.4 is 0 Å². The third-order valence-electron chi connectivity index (χ3n) is 4.83. The van der Waals surface area contributed by atoms with Gasteiger partial charge in [0.15, 0.2) is 0 Å². The van der Waals surface area contributed by atoms with Crippen LogP contribution in [0.15, 0.2) is 18.2 Å². The summed E-state index contributed by atoms with van der Waals surface area (Å²) in [5, 5.41) is 0. The number of carbonyl (C=O) groups is 1. The van der Waals surface area contributed by atoms with Crippen LogP contribution in [0.2, 0.25) is 0 Å². The number of piperidine rings is 1. The van der Waals surface area contributed by atoms with Crippen molar-refractivity contribution in [1.29, 1.82) is 0 Å². The fourth-order valence-corrected chi connectivity index (χ4v) is 3.41. The Balaban J connectivity index is 2.01. The number of likely N-dealkylation sites (tertiary alicyclic amines) is 1. The Bertz CT molecular complexity index is 508. The molecule has 1 atom stereocenters. The molecule has 1 amide bonds. The lowest BCUT2D eigenvalue weighted by molar-refractivity contribution is -0.137. The van der Waals surface area contributed by atoms with E-state index in [9.17, 15) is 4.79 Å². The smallest absolute Gasteiger partial charge is 0.226 e. The SMILES string of the molecule is CCN(CC)C(=O)[C@H]1CCCN(Cc2cc(C)ccc2C)C1. The van der Waals surface area contributed by atoms with Crippen molar-refractivity contribution in [2.75, 3.05) is 26.2 Å². The average Bonchev–Trinajstić information content (AvgIpc) is 2.52. The van der Waals surface area contributed by atoms with E-state index in [1.165, 1.54) is 16.7 Å². The Hall–Kier alpha value is -1.35. The molecule has 0 unspecified atom stereocenters. The van der Waals surface area contributed by atoms with Crippen molar-refractivity contribution < 1.29 is 4.79 Å². The average molecular weight is 302 g/mol. The van der Waals surface area contributed by atoms with Crippen molar-refractivity contribution in [3.8, 4) is 0 Å². The summed E-state index contributed by atoms with van der Waals surface area (Å²) in [5.74, 6) is 0.523. The van der Waals surface area contributed by atoms with Crippen LogP contribution >= 0.6 is 0 Å². The molecule has 22 heavy (non-hydrogen) atoms. The van der Waals surface area contributed by atoms with Gasteiger partial charge < -0.3 is 4.90 Å². The summed E-state index contributed by atoms with van der Waals surface area (Å²) in [6, 6.07) is 6.65. The number of benzene rings is 1. The molecule has 0 N–H and O–H groups in total. The minimum Gasteiger partial charge on any atom is -0.343 e. The van der Waals surface area contributed by atoms with E-state index in [4.69, 9.17) is 0 Å². The maximum atomic E-state index is 12.6. The molecule has 122 valence electrons. The van der Waals surface area contributed by atoms with Crippen LogP contribution in [0.1, 0.15) is 43.4 Å². The first kappa shape index (κ1) is 17.0. The summed E-state index contributed by atoms with van der Waals surface area (Å²) < 4.78 is 0. The maximum Gasteiger partial charge on any atom is 0.226 e. The highest BCUT2D eigenvalue weighted by atomic mass is 16.2. The molecule has 0 aliphatic carbocycles. The van der Waals surface area contributed by atoms with Crippen molar-refractivity contribution in [1.82, 2.24) is 9.80 Å². The maximum absolute atomic E-state index is 12.6. The number of rotatable bonds is 5. The van der Waals surface area contributed by atoms with Gasteiger partial charge in [-0.25, -0.2) is 0 Å². The van der Waals surface area contributed by atoms with Crippen LogP contribution in [0.5, 0.6) is 0 Å². The van der Waals surface area contributed by atoms with E-state index in [2.05, 4.69) is 50.8 Å². The molecule has 1 aliphatic heterocycles. The van der Waals surface area contributed by atoms with Gasteiger partial charge in [0.1, 0.15) is 0 Å². The zero-order valence-electron chi connectivity index (χ0n) is 14.6. The second-order valence-electron chi connectivity index (χ2n) is 6.51. The van der Waals surface area contributed by atoms with Gasteiger partial charge in [0.2, 0.25) is 5.91 Å². The molecule has 1 saturated heterocycles. The zero-order valence-corrected chi connectivity index (χ0v) is 14.6. The molecular weight excluding hydrogens is 272 g/mol. The number of aryl methyl sites for hydroxylation is 2. The van der Waals surface area contributed by atoms with Crippen LogP contribution in [0.4, 0.5) is 0 Å². The zero-order chi connectivity index (χ0) is 16.1. The molecule has 1 fully saturated rings. The van der Waals surface area contributed by atoms with Gasteiger partial charge in [-0.2, -0.15) is 0 Å². The predicted octanol–water partition coefficient (Wildman–Crippen LogP) is 3.38. The molecular formula is C19H30N2O. The minimum atomic E-state index is 0.179. The Morgan fingerprint density at radius 1 is 1.27 bits per heavy atom. The topological polar surface area (TPSA) is 23.6 Å². The number of hydrogen-bond acceptors (Lipinski definition) is 2. The van der Waals surface area contributed by atoms with Gasteiger partial charge in [0, 0.05) is 26.2 Å². The number of amides is 1. The first-order valence-corrected chi connectivity index (χ1v) is 8.62. The lowest BCUT2D eigenvalue weighted by atomic mass is 9.95. The number of carbonyl (C=O) groups excluding carboxylic acids is 1. The fraction of sp³-hybridized carbons (Fsp3) is 0.632. The Morgan fingerprint density at radius 2 is 2.00 bits per heavy atom. The first-order chi connectivity index (χ1) is 10.5. The molecule has 3 heteroatoms. The molecule has 0 saturated carbocycles. The van der Waals surface area contributed by atoms with E-state index in [0.29, 0.717) is 5.91 Å². The highest BCUT2D eigenvalue weighted by Crippen LogP contribution is 2.22. The largest absolute Gasteiger partial charge is 0.343 e. The van der Waals surface area contributed by atoms with Crippen LogP contribution in [-0.2, 0) is 11.3 Å². The van der Waals surface area contributed by atoms with E-state index in [0.717, 1.165) is 45.6 Å². The van der Waals surface area contributed by atoms with Crippen LogP contribution in [0, 0.1) is 19.8 Å². The predicted molar refractivity (Wildman–Crippen MR) is 91.8 cm³/mol. The monoisotopic (exact) mass is 302 g/mol. The third-order valence-corrected chi connectivity index (χ3v) is 4.83. The Morgan fingerprint density at radius 3 is 2.68 bits per heavy atom. The normalized spacial score (nSPS) is 19.2. The summed E-state index contributed by atoms with van der Waals surface area (Å²) in [7, 11) is 0. The molecule has 0 bridgehead atoms. The molecule has 0 aromatic heterocycles. The summed E-state index contributed by atoms with van der Waals surface area (Å²) in [6.07, 6.45) is 2.17. The van der Waals surface area contributed by atoms with Gasteiger partial charge >= 0.3 is 0 Å². The van der Waals surface area contributed by atoms with E-state index in [-0.39, 0.29) is 5.92 Å². The molecule has 1 aliphatic rings. The Labute approximate surface area is 135 Å². The lowest BCUT2D eigenvalue weighted by Gasteiger charge is -2.34. The van der Waals surface area contributed by atoms with Crippen molar-refractivity contribution in [2.24, 2.45) is 5.92 Å². The van der Waals surface area contributed by atoms with Gasteiger partial charge in [-0.1, -0.05) is 23.8 Å². The van der Waals surface area contributed by atoms with Crippen molar-refractivity contribution in [3.05, 3.63) is 34.9 Å². The van der Waals surface area contributed by atoms with E-state index in [1.807, 2.05) is 4.90 Å². The van der Waals surface area contributed by atoms with Gasteiger partial charge in [-0.3, -0.25) is 9.69 Å². The molecule has 3 nitrogen and oxygen atoms in total. The molecule has 1 aromatic rings. The summed E-state index contributed by atoms with van der Waals surface area (Å²) in [4.78, 5) is 17.0. The second kappa shape index (κ2) is 7.77. The molecule has 0 radical (unpaired) electrons. The van der Waals surface area contributed by atoms with Gasteiger partial charge in [-0.15, -0.1) is 0 Å².